The number of carbonyl (C=O) groups is 1. The fraction of sp³-hybridized carbons (Fsp3) is 0.429. The minimum atomic E-state index is -0.000506. The highest BCUT2D eigenvalue weighted by atomic mass is 16.1. The van der Waals surface area contributed by atoms with Gasteiger partial charge in [0.25, 0.3) is 5.91 Å². The maximum Gasteiger partial charge on any atom is 0.251 e. The monoisotopic (exact) mass is 258 g/mol. The smallest absolute Gasteiger partial charge is 0.251 e. The van der Waals surface area contributed by atoms with Gasteiger partial charge in [-0.1, -0.05) is 6.07 Å². The molecule has 0 saturated carbocycles. The molecule has 100 valence electrons. The van der Waals surface area contributed by atoms with Crippen LogP contribution >= 0.6 is 0 Å². The summed E-state index contributed by atoms with van der Waals surface area (Å²) in [6, 6.07) is 5.94. The Balaban J connectivity index is 1.76. The fourth-order valence-corrected chi connectivity index (χ4v) is 2.52. The lowest BCUT2D eigenvalue weighted by Gasteiger charge is -2.23. The van der Waals surface area contributed by atoms with Crippen LogP contribution in [-0.2, 0) is 7.05 Å². The number of carbonyl (C=O) groups excluding carboxylic acids is 1. The van der Waals surface area contributed by atoms with Crippen molar-refractivity contribution in [3.8, 4) is 0 Å². The number of aryl methyl sites for hydroxylation is 1. The van der Waals surface area contributed by atoms with E-state index in [9.17, 15) is 4.79 Å². The van der Waals surface area contributed by atoms with E-state index in [0.717, 1.165) is 36.8 Å². The van der Waals surface area contributed by atoms with Crippen LogP contribution in [0.15, 0.2) is 24.4 Å². The number of amides is 1. The Morgan fingerprint density at radius 1 is 1.42 bits per heavy atom. The zero-order valence-electron chi connectivity index (χ0n) is 11.0. The van der Waals surface area contributed by atoms with E-state index >= 15 is 0 Å². The standard InChI is InChI=1S/C14H18N4O/c1-18-9-11-3-2-10(8-13(11)17-18)14(19)16-12-4-6-15-7-5-12/h2-3,8-9,12,15H,4-7H2,1H3,(H,16,19). The van der Waals surface area contributed by atoms with Gasteiger partial charge in [0.1, 0.15) is 0 Å². The Labute approximate surface area is 112 Å². The number of nitrogens with one attached hydrogen (secondary N) is 2. The number of benzene rings is 1. The molecule has 5 nitrogen and oxygen atoms in total. The minimum Gasteiger partial charge on any atom is -0.349 e. The molecule has 1 aromatic heterocycles. The van der Waals surface area contributed by atoms with Crippen molar-refractivity contribution < 1.29 is 4.79 Å². The number of rotatable bonds is 2. The molecule has 0 unspecified atom stereocenters. The van der Waals surface area contributed by atoms with Crippen molar-refractivity contribution in [3.05, 3.63) is 30.0 Å². The van der Waals surface area contributed by atoms with Gasteiger partial charge in [-0.25, -0.2) is 0 Å². The summed E-state index contributed by atoms with van der Waals surface area (Å²) in [7, 11) is 1.88. The van der Waals surface area contributed by atoms with Crippen LogP contribution in [0.5, 0.6) is 0 Å². The SMILES string of the molecule is Cn1cc2ccc(C(=O)NC3CCNCC3)cc2n1. The molecule has 19 heavy (non-hydrogen) atoms. The van der Waals surface area contributed by atoms with Gasteiger partial charge < -0.3 is 10.6 Å². The highest BCUT2D eigenvalue weighted by Gasteiger charge is 2.16. The number of aromatic nitrogens is 2. The summed E-state index contributed by atoms with van der Waals surface area (Å²) < 4.78 is 1.76. The van der Waals surface area contributed by atoms with Crippen molar-refractivity contribution in [2.24, 2.45) is 7.05 Å². The fourth-order valence-electron chi connectivity index (χ4n) is 2.52. The maximum atomic E-state index is 12.2. The molecule has 2 N–H and O–H groups in total. The minimum absolute atomic E-state index is 0.000506. The van der Waals surface area contributed by atoms with Crippen LogP contribution < -0.4 is 10.6 Å². The first-order valence-electron chi connectivity index (χ1n) is 6.67. The second-order valence-electron chi connectivity index (χ2n) is 5.07. The molecule has 1 amide bonds. The van der Waals surface area contributed by atoms with Gasteiger partial charge in [-0.3, -0.25) is 9.48 Å². The Morgan fingerprint density at radius 2 is 2.21 bits per heavy atom. The number of hydrogen-bond acceptors (Lipinski definition) is 3. The average molecular weight is 258 g/mol. The number of piperidine rings is 1. The quantitative estimate of drug-likeness (QED) is 0.846. The predicted molar refractivity (Wildman–Crippen MR) is 74.1 cm³/mol. The van der Waals surface area contributed by atoms with Crippen LogP contribution in [0.25, 0.3) is 10.9 Å². The molecule has 0 radical (unpaired) electrons. The molecule has 0 atom stereocenters. The van der Waals surface area contributed by atoms with Crippen LogP contribution in [0.1, 0.15) is 23.2 Å². The third-order valence-corrected chi connectivity index (χ3v) is 3.56. The summed E-state index contributed by atoms with van der Waals surface area (Å²) in [6.45, 7) is 1.95. The summed E-state index contributed by atoms with van der Waals surface area (Å²) in [4.78, 5) is 12.2. The van der Waals surface area contributed by atoms with Crippen molar-refractivity contribution in [2.45, 2.75) is 18.9 Å². The lowest BCUT2D eigenvalue weighted by Crippen LogP contribution is -2.42. The number of nitrogens with zero attached hydrogens (tertiary/aromatic N) is 2. The highest BCUT2D eigenvalue weighted by Crippen LogP contribution is 2.14. The molecule has 0 spiro atoms. The van der Waals surface area contributed by atoms with Crippen molar-refractivity contribution in [1.82, 2.24) is 20.4 Å². The molecular weight excluding hydrogens is 240 g/mol. The topological polar surface area (TPSA) is 59.0 Å². The van der Waals surface area contributed by atoms with Gasteiger partial charge >= 0.3 is 0 Å². The van der Waals surface area contributed by atoms with E-state index in [-0.39, 0.29) is 11.9 Å². The Morgan fingerprint density at radius 3 is 3.00 bits per heavy atom. The molecule has 1 aliphatic rings. The van der Waals surface area contributed by atoms with Gasteiger partial charge in [-0.2, -0.15) is 5.10 Å². The lowest BCUT2D eigenvalue weighted by molar-refractivity contribution is 0.0929. The van der Waals surface area contributed by atoms with E-state index < -0.39 is 0 Å². The van der Waals surface area contributed by atoms with Crippen LogP contribution in [-0.4, -0.2) is 34.8 Å². The van der Waals surface area contributed by atoms with Crippen LogP contribution in [0.4, 0.5) is 0 Å². The van der Waals surface area contributed by atoms with Gasteiger partial charge in [0.15, 0.2) is 0 Å². The van der Waals surface area contributed by atoms with Crippen molar-refractivity contribution in [1.29, 1.82) is 0 Å². The zero-order valence-corrected chi connectivity index (χ0v) is 11.0. The maximum absolute atomic E-state index is 12.2. The van der Waals surface area contributed by atoms with Gasteiger partial charge in [-0.15, -0.1) is 0 Å². The molecule has 1 saturated heterocycles. The molecule has 1 aromatic carbocycles. The Bertz CT molecular complexity index is 599. The molecule has 3 rings (SSSR count). The molecule has 0 aliphatic carbocycles. The van der Waals surface area contributed by atoms with Crippen LogP contribution in [0, 0.1) is 0 Å². The third kappa shape index (κ3) is 2.61. The number of hydrogen-bond donors (Lipinski definition) is 2. The summed E-state index contributed by atoms with van der Waals surface area (Å²) in [5.41, 5.74) is 1.55. The van der Waals surface area contributed by atoms with Crippen molar-refractivity contribution in [2.75, 3.05) is 13.1 Å². The molecule has 0 bridgehead atoms. The molecule has 1 fully saturated rings. The highest BCUT2D eigenvalue weighted by molar-refractivity contribution is 5.97. The van der Waals surface area contributed by atoms with E-state index in [1.165, 1.54) is 0 Å². The summed E-state index contributed by atoms with van der Waals surface area (Å²) in [5, 5.41) is 11.8. The first-order valence-corrected chi connectivity index (χ1v) is 6.67. The van der Waals surface area contributed by atoms with E-state index in [0.29, 0.717) is 5.56 Å². The summed E-state index contributed by atoms with van der Waals surface area (Å²) in [5.74, 6) is -0.000506. The summed E-state index contributed by atoms with van der Waals surface area (Å²) in [6.07, 6.45) is 3.94. The normalized spacial score (nSPS) is 16.7. The van der Waals surface area contributed by atoms with Crippen molar-refractivity contribution in [3.63, 3.8) is 0 Å². The largest absolute Gasteiger partial charge is 0.349 e. The number of fused-ring (bicyclic) bond motifs is 1. The second-order valence-corrected chi connectivity index (χ2v) is 5.07. The van der Waals surface area contributed by atoms with Crippen molar-refractivity contribution >= 4 is 16.8 Å². The van der Waals surface area contributed by atoms with E-state index in [4.69, 9.17) is 0 Å². The molecular formula is C14H18N4O. The lowest BCUT2D eigenvalue weighted by atomic mass is 10.1. The molecule has 1 aliphatic heterocycles. The Kier molecular flexibility index (Phi) is 3.21. The second kappa shape index (κ2) is 5.01. The van der Waals surface area contributed by atoms with Crippen LogP contribution in [0.2, 0.25) is 0 Å². The van der Waals surface area contributed by atoms with E-state index in [1.807, 2.05) is 31.4 Å². The van der Waals surface area contributed by atoms with Gasteiger partial charge in [0, 0.05) is 30.2 Å². The first-order chi connectivity index (χ1) is 9.22. The summed E-state index contributed by atoms with van der Waals surface area (Å²) >= 11 is 0. The van der Waals surface area contributed by atoms with E-state index in [2.05, 4.69) is 15.7 Å². The first kappa shape index (κ1) is 12.2. The predicted octanol–water partition coefficient (Wildman–Crippen LogP) is 1.06. The van der Waals surface area contributed by atoms with Gasteiger partial charge in [-0.05, 0) is 38.1 Å². The van der Waals surface area contributed by atoms with Gasteiger partial charge in [0.2, 0.25) is 0 Å². The zero-order chi connectivity index (χ0) is 13.2. The Hall–Kier alpha value is -1.88. The van der Waals surface area contributed by atoms with E-state index in [1.54, 1.807) is 4.68 Å². The average Bonchev–Trinajstić information content (AvgIpc) is 2.78. The molecule has 2 aromatic rings. The molecule has 5 heteroatoms. The van der Waals surface area contributed by atoms with Crippen LogP contribution in [0.3, 0.4) is 0 Å². The molecule has 2 heterocycles. The third-order valence-electron chi connectivity index (χ3n) is 3.56. The van der Waals surface area contributed by atoms with Gasteiger partial charge in [0.05, 0.1) is 5.52 Å².